The van der Waals surface area contributed by atoms with Gasteiger partial charge in [-0.15, -0.1) is 0 Å². The molecule has 4 rings (SSSR count). The third kappa shape index (κ3) is 5.02. The molecular weight excluding hydrogens is 366 g/mol. The highest BCUT2D eigenvalue weighted by molar-refractivity contribution is 5.91. The maximum absolute atomic E-state index is 12.7. The minimum absolute atomic E-state index is 0.182. The summed E-state index contributed by atoms with van der Waals surface area (Å²) in [6.07, 6.45) is 1.14. The van der Waals surface area contributed by atoms with Gasteiger partial charge in [0.05, 0.1) is 19.6 Å². The van der Waals surface area contributed by atoms with Crippen molar-refractivity contribution in [3.8, 4) is 0 Å². The van der Waals surface area contributed by atoms with Crippen molar-refractivity contribution < 1.29 is 14.3 Å². The Kier molecular flexibility index (Phi) is 6.22. The molecule has 0 fully saturated rings. The predicted molar refractivity (Wildman–Crippen MR) is 111 cm³/mol. The Bertz CT molecular complexity index is 896. The van der Waals surface area contributed by atoms with E-state index in [9.17, 15) is 4.79 Å². The summed E-state index contributed by atoms with van der Waals surface area (Å²) in [5.41, 5.74) is 4.64. The van der Waals surface area contributed by atoms with Gasteiger partial charge in [-0.2, -0.15) is 4.99 Å². The molecule has 0 bridgehead atoms. The molecule has 0 N–H and O–H groups in total. The summed E-state index contributed by atoms with van der Waals surface area (Å²) >= 11 is 0. The van der Waals surface area contributed by atoms with Gasteiger partial charge in [0.15, 0.2) is 0 Å². The van der Waals surface area contributed by atoms with Crippen LogP contribution in [0.4, 0.5) is 0 Å². The second-order valence-electron chi connectivity index (χ2n) is 7.58. The summed E-state index contributed by atoms with van der Waals surface area (Å²) < 4.78 is 11.9. The van der Waals surface area contributed by atoms with Crippen LogP contribution in [0, 0.1) is 0 Å². The number of aliphatic imine (C=N–C) groups is 1. The van der Waals surface area contributed by atoms with Gasteiger partial charge in [0.1, 0.15) is 6.73 Å². The third-order valence-electron chi connectivity index (χ3n) is 5.34. The molecule has 29 heavy (non-hydrogen) atoms. The van der Waals surface area contributed by atoms with E-state index in [1.54, 1.807) is 0 Å². The molecule has 0 aliphatic carbocycles. The van der Waals surface area contributed by atoms with Crippen molar-refractivity contribution in [2.45, 2.75) is 26.0 Å². The molecule has 152 valence electrons. The molecule has 1 amide bonds. The quantitative estimate of drug-likeness (QED) is 0.689. The van der Waals surface area contributed by atoms with Crippen molar-refractivity contribution >= 4 is 11.9 Å². The fourth-order valence-electron chi connectivity index (χ4n) is 3.75. The Morgan fingerprint density at radius 3 is 2.48 bits per heavy atom. The standard InChI is InChI=1S/C23H27N3O3/c1-25-15-20-8-4-3-7-19(20)14-22(27)24-23(29-17-25)26-11-10-18-6-2-5-9-21(18)16-28-13-12-26/h2-9H,10-17H2,1H3. The second-order valence-corrected chi connectivity index (χ2v) is 7.58. The van der Waals surface area contributed by atoms with Crippen LogP contribution < -0.4 is 0 Å². The Morgan fingerprint density at radius 1 is 0.931 bits per heavy atom. The lowest BCUT2D eigenvalue weighted by Crippen LogP contribution is -2.40. The molecule has 6 nitrogen and oxygen atoms in total. The molecule has 6 heteroatoms. The van der Waals surface area contributed by atoms with Crippen LogP contribution in [0.25, 0.3) is 0 Å². The average molecular weight is 393 g/mol. The number of carbonyl (C=O) groups excluding carboxylic acids is 1. The molecular formula is C23H27N3O3. The normalized spacial score (nSPS) is 19.0. The molecule has 0 spiro atoms. The van der Waals surface area contributed by atoms with Gasteiger partial charge >= 0.3 is 0 Å². The lowest BCUT2D eigenvalue weighted by Gasteiger charge is -2.27. The summed E-state index contributed by atoms with van der Waals surface area (Å²) in [4.78, 5) is 21.2. The summed E-state index contributed by atoms with van der Waals surface area (Å²) in [5.74, 6) is -0.182. The van der Waals surface area contributed by atoms with Crippen LogP contribution in [-0.4, -0.2) is 55.2 Å². The van der Waals surface area contributed by atoms with Crippen molar-refractivity contribution in [3.05, 3.63) is 70.8 Å². The fourth-order valence-corrected chi connectivity index (χ4v) is 3.75. The lowest BCUT2D eigenvalue weighted by molar-refractivity contribution is -0.117. The Labute approximate surface area is 171 Å². The summed E-state index contributed by atoms with van der Waals surface area (Å²) in [6, 6.07) is 16.8. The average Bonchev–Trinajstić information content (AvgIpc) is 2.83. The molecule has 0 unspecified atom stereocenters. The number of fused-ring (bicyclic) bond motifs is 2. The van der Waals surface area contributed by atoms with E-state index in [0.717, 1.165) is 30.6 Å². The van der Waals surface area contributed by atoms with Crippen LogP contribution in [0.3, 0.4) is 0 Å². The summed E-state index contributed by atoms with van der Waals surface area (Å²) in [5, 5.41) is 0. The van der Waals surface area contributed by atoms with Gasteiger partial charge in [-0.1, -0.05) is 48.5 Å². The van der Waals surface area contributed by atoms with Gasteiger partial charge in [-0.05, 0) is 35.7 Å². The number of carbonyl (C=O) groups is 1. The molecule has 0 aromatic heterocycles. The van der Waals surface area contributed by atoms with Gasteiger partial charge in [-0.25, -0.2) is 0 Å². The van der Waals surface area contributed by atoms with Crippen LogP contribution in [-0.2, 0) is 40.3 Å². The van der Waals surface area contributed by atoms with Gasteiger partial charge in [-0.3, -0.25) is 9.69 Å². The topological polar surface area (TPSA) is 54.4 Å². The monoisotopic (exact) mass is 393 g/mol. The smallest absolute Gasteiger partial charge is 0.296 e. The molecule has 0 atom stereocenters. The maximum atomic E-state index is 12.7. The third-order valence-corrected chi connectivity index (χ3v) is 5.34. The predicted octanol–water partition coefficient (Wildman–Crippen LogP) is 2.61. The minimum Gasteiger partial charge on any atom is -0.449 e. The first-order chi connectivity index (χ1) is 14.2. The Balaban J connectivity index is 1.56. The Morgan fingerprint density at radius 2 is 1.66 bits per heavy atom. The van der Waals surface area contributed by atoms with E-state index in [0.29, 0.717) is 32.5 Å². The van der Waals surface area contributed by atoms with Crippen molar-refractivity contribution in [2.75, 3.05) is 33.5 Å². The van der Waals surface area contributed by atoms with Crippen LogP contribution in [0.5, 0.6) is 0 Å². The second kappa shape index (κ2) is 9.20. The van der Waals surface area contributed by atoms with Crippen molar-refractivity contribution in [1.82, 2.24) is 9.80 Å². The first-order valence-electron chi connectivity index (χ1n) is 10.1. The SMILES string of the molecule is CN1COC(N2CCOCc3ccccc3CC2)=NC(=O)Cc2ccccc2C1. The van der Waals surface area contributed by atoms with E-state index < -0.39 is 0 Å². The molecule has 2 heterocycles. The number of amidine groups is 1. The molecule has 2 aromatic carbocycles. The van der Waals surface area contributed by atoms with E-state index in [4.69, 9.17) is 9.47 Å². The number of hydrogen-bond donors (Lipinski definition) is 0. The number of amides is 1. The maximum Gasteiger partial charge on any atom is 0.296 e. The summed E-state index contributed by atoms with van der Waals surface area (Å²) in [6.45, 7) is 3.63. The van der Waals surface area contributed by atoms with Gasteiger partial charge in [0, 0.05) is 19.6 Å². The molecule has 2 aromatic rings. The highest BCUT2D eigenvalue weighted by Gasteiger charge is 2.20. The highest BCUT2D eigenvalue weighted by Crippen LogP contribution is 2.16. The molecule has 0 saturated carbocycles. The highest BCUT2D eigenvalue weighted by atomic mass is 16.5. The molecule has 0 saturated heterocycles. The Hall–Kier alpha value is -2.70. The van der Waals surface area contributed by atoms with Gasteiger partial charge in [0.25, 0.3) is 11.9 Å². The number of hydrogen-bond acceptors (Lipinski definition) is 5. The largest absolute Gasteiger partial charge is 0.449 e. The van der Waals surface area contributed by atoms with E-state index in [1.807, 2.05) is 36.2 Å². The van der Waals surface area contributed by atoms with E-state index >= 15 is 0 Å². The van der Waals surface area contributed by atoms with E-state index in [1.165, 1.54) is 11.1 Å². The zero-order chi connectivity index (χ0) is 20.1. The number of rotatable bonds is 0. The van der Waals surface area contributed by atoms with Gasteiger partial charge in [0.2, 0.25) is 0 Å². The van der Waals surface area contributed by atoms with E-state index in [2.05, 4.69) is 34.2 Å². The summed E-state index contributed by atoms with van der Waals surface area (Å²) in [7, 11) is 2.01. The fraction of sp³-hybridized carbons (Fsp3) is 0.391. The number of benzene rings is 2. The zero-order valence-electron chi connectivity index (χ0n) is 16.8. The first kappa shape index (κ1) is 19.6. The van der Waals surface area contributed by atoms with E-state index in [-0.39, 0.29) is 12.3 Å². The van der Waals surface area contributed by atoms with Crippen molar-refractivity contribution in [2.24, 2.45) is 4.99 Å². The molecule has 2 aliphatic heterocycles. The van der Waals surface area contributed by atoms with Gasteiger partial charge < -0.3 is 14.4 Å². The first-order valence-corrected chi connectivity index (χ1v) is 10.1. The van der Waals surface area contributed by atoms with Crippen LogP contribution in [0.1, 0.15) is 22.3 Å². The molecule has 0 radical (unpaired) electrons. The van der Waals surface area contributed by atoms with Crippen molar-refractivity contribution in [1.29, 1.82) is 0 Å². The zero-order valence-corrected chi connectivity index (χ0v) is 16.8. The van der Waals surface area contributed by atoms with Crippen LogP contribution in [0.15, 0.2) is 53.5 Å². The number of nitrogens with zero attached hydrogens (tertiary/aromatic N) is 3. The minimum atomic E-state index is -0.182. The lowest BCUT2D eigenvalue weighted by atomic mass is 10.0. The molecule has 2 aliphatic rings. The van der Waals surface area contributed by atoms with Crippen LogP contribution in [0.2, 0.25) is 0 Å². The number of ether oxygens (including phenoxy) is 2. The van der Waals surface area contributed by atoms with Crippen molar-refractivity contribution in [3.63, 3.8) is 0 Å². The van der Waals surface area contributed by atoms with Crippen LogP contribution >= 0.6 is 0 Å².